The number of fused-ring (bicyclic) bond motifs is 1. The molecule has 0 spiro atoms. The maximum atomic E-state index is 13.0. The lowest BCUT2D eigenvalue weighted by Crippen LogP contribution is -2.36. The molecule has 1 amide bonds. The van der Waals surface area contributed by atoms with Gasteiger partial charge in [0.05, 0.1) is 23.4 Å². The highest BCUT2D eigenvalue weighted by Gasteiger charge is 2.26. The highest BCUT2D eigenvalue weighted by molar-refractivity contribution is 6.30. The summed E-state index contributed by atoms with van der Waals surface area (Å²) in [6.07, 6.45) is 1.75. The van der Waals surface area contributed by atoms with Gasteiger partial charge in [0, 0.05) is 5.02 Å². The molecule has 2 aromatic carbocycles. The van der Waals surface area contributed by atoms with Crippen molar-refractivity contribution in [3.8, 4) is 0 Å². The van der Waals surface area contributed by atoms with Gasteiger partial charge in [-0.15, -0.1) is 0 Å². The summed E-state index contributed by atoms with van der Waals surface area (Å²) in [5.74, 6) is 0.121. The molecule has 4 nitrogen and oxygen atoms in total. The van der Waals surface area contributed by atoms with Crippen LogP contribution in [0.15, 0.2) is 54.9 Å². The number of rotatable bonds is 5. The molecule has 0 fully saturated rings. The SMILES string of the molecule is CC(C)[C@@H](C(=O)N[C@H](C)c1ccc(Cl)cc1)n1cnc2ccccc21. The Morgan fingerprint density at radius 3 is 2.44 bits per heavy atom. The van der Waals surface area contributed by atoms with Crippen LogP contribution < -0.4 is 5.32 Å². The van der Waals surface area contributed by atoms with Crippen LogP contribution in [-0.4, -0.2) is 15.5 Å². The summed E-state index contributed by atoms with van der Waals surface area (Å²) in [5.41, 5.74) is 2.89. The Labute approximate surface area is 152 Å². The fourth-order valence-corrected chi connectivity index (χ4v) is 3.21. The third kappa shape index (κ3) is 3.69. The summed E-state index contributed by atoms with van der Waals surface area (Å²) in [7, 11) is 0. The number of amides is 1. The number of aromatic nitrogens is 2. The highest BCUT2D eigenvalue weighted by atomic mass is 35.5. The summed E-state index contributed by atoms with van der Waals surface area (Å²) in [6.45, 7) is 6.07. The Morgan fingerprint density at radius 2 is 1.76 bits per heavy atom. The van der Waals surface area contributed by atoms with Crippen LogP contribution in [0.25, 0.3) is 11.0 Å². The van der Waals surface area contributed by atoms with Gasteiger partial charge < -0.3 is 9.88 Å². The van der Waals surface area contributed by atoms with Crippen LogP contribution in [0.4, 0.5) is 0 Å². The van der Waals surface area contributed by atoms with Crippen LogP contribution in [0.3, 0.4) is 0 Å². The van der Waals surface area contributed by atoms with Gasteiger partial charge in [0.15, 0.2) is 0 Å². The molecule has 0 saturated carbocycles. The molecular formula is C20H22ClN3O. The standard InChI is InChI=1S/C20H22ClN3O/c1-13(2)19(24-12-22-17-6-4-5-7-18(17)24)20(25)23-14(3)15-8-10-16(21)11-9-15/h4-14,19H,1-3H3,(H,23,25)/t14-,19+/m1/s1. The smallest absolute Gasteiger partial charge is 0.243 e. The fraction of sp³-hybridized carbons (Fsp3) is 0.300. The van der Waals surface area contributed by atoms with Gasteiger partial charge in [0.2, 0.25) is 5.91 Å². The number of carbonyl (C=O) groups excluding carboxylic acids is 1. The summed E-state index contributed by atoms with van der Waals surface area (Å²) in [5, 5.41) is 3.81. The average molecular weight is 356 g/mol. The Kier molecular flexibility index (Phi) is 5.09. The number of hydrogen-bond acceptors (Lipinski definition) is 2. The van der Waals surface area contributed by atoms with Crippen molar-refractivity contribution in [2.24, 2.45) is 5.92 Å². The van der Waals surface area contributed by atoms with Crippen LogP contribution in [0.5, 0.6) is 0 Å². The number of nitrogens with zero attached hydrogens (tertiary/aromatic N) is 2. The Hall–Kier alpha value is -2.33. The number of halogens is 1. The maximum Gasteiger partial charge on any atom is 0.243 e. The van der Waals surface area contributed by atoms with Crippen LogP contribution >= 0.6 is 11.6 Å². The molecule has 1 N–H and O–H groups in total. The van der Waals surface area contributed by atoms with Gasteiger partial charge >= 0.3 is 0 Å². The van der Waals surface area contributed by atoms with Crippen molar-refractivity contribution in [1.29, 1.82) is 0 Å². The molecule has 1 heterocycles. The van der Waals surface area contributed by atoms with Gasteiger partial charge in [0.1, 0.15) is 6.04 Å². The second-order valence-corrected chi connectivity index (χ2v) is 7.05. The first-order chi connectivity index (χ1) is 12.0. The second-order valence-electron chi connectivity index (χ2n) is 6.61. The van der Waals surface area contributed by atoms with E-state index < -0.39 is 0 Å². The van der Waals surface area contributed by atoms with Gasteiger partial charge in [-0.25, -0.2) is 4.98 Å². The zero-order valence-corrected chi connectivity index (χ0v) is 15.4. The lowest BCUT2D eigenvalue weighted by Gasteiger charge is -2.25. The first kappa shape index (κ1) is 17.5. The molecule has 0 bridgehead atoms. The minimum atomic E-state index is -0.317. The number of imidazole rings is 1. The predicted molar refractivity (Wildman–Crippen MR) is 102 cm³/mol. The molecule has 0 radical (unpaired) electrons. The zero-order valence-electron chi connectivity index (χ0n) is 14.6. The van der Waals surface area contributed by atoms with Gasteiger partial charge in [-0.1, -0.05) is 49.7 Å². The number of nitrogens with one attached hydrogen (secondary N) is 1. The van der Waals surface area contributed by atoms with Crippen LogP contribution in [0.1, 0.15) is 38.4 Å². The van der Waals surface area contributed by atoms with Crippen molar-refractivity contribution in [3.05, 3.63) is 65.4 Å². The third-order valence-electron chi connectivity index (χ3n) is 4.41. The topological polar surface area (TPSA) is 46.9 Å². The molecule has 0 unspecified atom stereocenters. The molecule has 25 heavy (non-hydrogen) atoms. The van der Waals surface area contributed by atoms with Crippen LogP contribution in [0, 0.1) is 5.92 Å². The molecule has 5 heteroatoms. The Bertz CT molecular complexity index is 870. The summed E-state index contributed by atoms with van der Waals surface area (Å²) < 4.78 is 1.96. The third-order valence-corrected chi connectivity index (χ3v) is 4.66. The van der Waals surface area contributed by atoms with Gasteiger partial charge in [-0.2, -0.15) is 0 Å². The lowest BCUT2D eigenvalue weighted by atomic mass is 10.0. The molecule has 1 aromatic heterocycles. The largest absolute Gasteiger partial charge is 0.348 e. The van der Waals surface area contributed by atoms with Crippen LogP contribution in [-0.2, 0) is 4.79 Å². The number of benzene rings is 2. The van der Waals surface area contributed by atoms with Gasteiger partial charge in [-0.3, -0.25) is 4.79 Å². The summed E-state index contributed by atoms with van der Waals surface area (Å²) in [4.78, 5) is 17.4. The van der Waals surface area contributed by atoms with Crippen molar-refractivity contribution >= 4 is 28.5 Å². The zero-order chi connectivity index (χ0) is 18.0. The van der Waals surface area contributed by atoms with E-state index in [9.17, 15) is 4.79 Å². The van der Waals surface area contributed by atoms with E-state index in [1.165, 1.54) is 0 Å². The Morgan fingerprint density at radius 1 is 1.08 bits per heavy atom. The van der Waals surface area contributed by atoms with E-state index in [0.717, 1.165) is 16.6 Å². The molecule has 0 saturated heterocycles. The number of para-hydroxylation sites is 2. The van der Waals surface area contributed by atoms with E-state index in [1.807, 2.05) is 73.9 Å². The quantitative estimate of drug-likeness (QED) is 0.717. The van der Waals surface area contributed by atoms with Crippen molar-refractivity contribution in [1.82, 2.24) is 14.9 Å². The van der Waals surface area contributed by atoms with E-state index in [1.54, 1.807) is 6.33 Å². The molecule has 3 aromatic rings. The van der Waals surface area contributed by atoms with Crippen molar-refractivity contribution < 1.29 is 4.79 Å². The summed E-state index contributed by atoms with van der Waals surface area (Å²) >= 11 is 5.94. The Balaban J connectivity index is 1.85. The fourth-order valence-electron chi connectivity index (χ4n) is 3.08. The van der Waals surface area contributed by atoms with E-state index in [-0.39, 0.29) is 23.9 Å². The normalized spacial score (nSPS) is 13.8. The first-order valence-corrected chi connectivity index (χ1v) is 8.82. The molecule has 3 rings (SSSR count). The van der Waals surface area contributed by atoms with Gasteiger partial charge in [0.25, 0.3) is 0 Å². The number of hydrogen-bond donors (Lipinski definition) is 1. The minimum absolute atomic E-state index is 0.0133. The molecular weight excluding hydrogens is 334 g/mol. The molecule has 2 atom stereocenters. The first-order valence-electron chi connectivity index (χ1n) is 8.45. The van der Waals surface area contributed by atoms with Gasteiger partial charge in [-0.05, 0) is 42.7 Å². The maximum absolute atomic E-state index is 13.0. The molecule has 0 aliphatic carbocycles. The van der Waals surface area contributed by atoms with E-state index in [0.29, 0.717) is 5.02 Å². The second kappa shape index (κ2) is 7.28. The lowest BCUT2D eigenvalue weighted by molar-refractivity contribution is -0.126. The van der Waals surface area contributed by atoms with E-state index in [4.69, 9.17) is 11.6 Å². The summed E-state index contributed by atoms with van der Waals surface area (Å²) in [6, 6.07) is 15.0. The minimum Gasteiger partial charge on any atom is -0.348 e. The predicted octanol–water partition coefficient (Wildman–Crippen LogP) is 4.76. The van der Waals surface area contributed by atoms with Crippen molar-refractivity contribution in [2.45, 2.75) is 32.9 Å². The van der Waals surface area contributed by atoms with E-state index in [2.05, 4.69) is 10.3 Å². The van der Waals surface area contributed by atoms with Crippen molar-refractivity contribution in [3.63, 3.8) is 0 Å². The average Bonchev–Trinajstić information content (AvgIpc) is 2.99. The van der Waals surface area contributed by atoms with Crippen LogP contribution in [0.2, 0.25) is 5.02 Å². The number of carbonyl (C=O) groups is 1. The van der Waals surface area contributed by atoms with Crippen molar-refractivity contribution in [2.75, 3.05) is 0 Å². The molecule has 0 aliphatic rings. The highest BCUT2D eigenvalue weighted by Crippen LogP contribution is 2.25. The molecule has 130 valence electrons. The monoisotopic (exact) mass is 355 g/mol. The van der Waals surface area contributed by atoms with E-state index >= 15 is 0 Å². The molecule has 0 aliphatic heterocycles.